The van der Waals surface area contributed by atoms with Crippen LogP contribution in [0.1, 0.15) is 48.5 Å². The summed E-state index contributed by atoms with van der Waals surface area (Å²) in [5.74, 6) is 1.83. The third kappa shape index (κ3) is 6.96. The van der Waals surface area contributed by atoms with E-state index < -0.39 is 16.6 Å². The fourth-order valence-corrected chi connectivity index (χ4v) is 5.29. The van der Waals surface area contributed by atoms with Crippen LogP contribution in [0.2, 0.25) is 36.3 Å². The molecule has 0 amide bonds. The predicted molar refractivity (Wildman–Crippen MR) is 143 cm³/mol. The van der Waals surface area contributed by atoms with E-state index in [1.54, 1.807) is 0 Å². The third-order valence-electron chi connectivity index (χ3n) is 7.01. The zero-order chi connectivity index (χ0) is 24.4. The predicted octanol–water partition coefficient (Wildman–Crippen LogP) is 8.53. The highest BCUT2D eigenvalue weighted by molar-refractivity contribution is 6.75. The van der Waals surface area contributed by atoms with Crippen molar-refractivity contribution in [2.75, 3.05) is 6.61 Å². The highest BCUT2D eigenvalue weighted by atomic mass is 28.4. The molecule has 5 heteroatoms. The van der Waals surface area contributed by atoms with Crippen LogP contribution in [-0.4, -0.2) is 29.3 Å². The first-order valence-corrected chi connectivity index (χ1v) is 17.5. The zero-order valence-corrected chi connectivity index (χ0v) is 24.1. The van der Waals surface area contributed by atoms with E-state index in [9.17, 15) is 0 Å². The van der Waals surface area contributed by atoms with Crippen molar-refractivity contribution in [2.24, 2.45) is 0 Å². The van der Waals surface area contributed by atoms with Gasteiger partial charge in [0.05, 0.1) is 6.10 Å². The lowest BCUT2D eigenvalue weighted by molar-refractivity contribution is 0.129. The fraction of sp³-hybridized carbons (Fsp3) is 0.556. The van der Waals surface area contributed by atoms with Crippen molar-refractivity contribution in [1.82, 2.24) is 0 Å². The van der Waals surface area contributed by atoms with E-state index in [0.29, 0.717) is 6.61 Å². The van der Waals surface area contributed by atoms with Crippen molar-refractivity contribution in [1.29, 1.82) is 0 Å². The Morgan fingerprint density at radius 2 is 1.06 bits per heavy atom. The van der Waals surface area contributed by atoms with Crippen LogP contribution in [0, 0.1) is 0 Å². The van der Waals surface area contributed by atoms with Crippen LogP contribution in [0.3, 0.4) is 0 Å². The van der Waals surface area contributed by atoms with Crippen molar-refractivity contribution < 1.29 is 13.6 Å². The molecule has 178 valence electrons. The molecule has 0 spiro atoms. The first kappa shape index (κ1) is 26.7. The Morgan fingerprint density at radius 1 is 0.656 bits per heavy atom. The largest absolute Gasteiger partial charge is 0.544 e. The molecule has 0 bridgehead atoms. The Bertz CT molecular complexity index is 858. The number of rotatable bonds is 8. The monoisotopic (exact) mass is 472 g/mol. The molecule has 0 heterocycles. The first-order valence-electron chi connectivity index (χ1n) is 11.7. The molecule has 2 rings (SSSR count). The van der Waals surface area contributed by atoms with Gasteiger partial charge < -0.3 is 13.6 Å². The SMILES string of the molecule is CC(COc1ccc(-c2ccc(O[Si](C)(C)C(C)(C)C)cc2)cc1)O[Si](C)(C)C(C)(C)C. The highest BCUT2D eigenvalue weighted by Gasteiger charge is 2.39. The van der Waals surface area contributed by atoms with Gasteiger partial charge in [0.25, 0.3) is 0 Å². The Kier molecular flexibility index (Phi) is 8.12. The van der Waals surface area contributed by atoms with E-state index in [1.165, 1.54) is 11.1 Å². The molecule has 0 saturated heterocycles. The van der Waals surface area contributed by atoms with Gasteiger partial charge in [0.2, 0.25) is 8.32 Å². The first-order chi connectivity index (χ1) is 14.5. The molecule has 0 aliphatic heterocycles. The summed E-state index contributed by atoms with van der Waals surface area (Å²) in [6.45, 7) is 25.3. The molecular weight excluding hydrogens is 428 g/mol. The van der Waals surface area contributed by atoms with E-state index in [2.05, 4.69) is 111 Å². The summed E-state index contributed by atoms with van der Waals surface area (Å²) in [7, 11) is -3.60. The van der Waals surface area contributed by atoms with Crippen LogP contribution in [0.25, 0.3) is 11.1 Å². The molecule has 0 aromatic heterocycles. The Morgan fingerprint density at radius 3 is 1.47 bits per heavy atom. The van der Waals surface area contributed by atoms with Gasteiger partial charge in [-0.25, -0.2) is 0 Å². The number of benzene rings is 2. The van der Waals surface area contributed by atoms with Crippen molar-refractivity contribution in [2.45, 2.75) is 90.8 Å². The van der Waals surface area contributed by atoms with E-state index in [1.807, 2.05) is 12.1 Å². The van der Waals surface area contributed by atoms with Crippen LogP contribution in [0.4, 0.5) is 0 Å². The number of hydrogen-bond donors (Lipinski definition) is 0. The van der Waals surface area contributed by atoms with E-state index >= 15 is 0 Å². The summed E-state index contributed by atoms with van der Waals surface area (Å²) < 4.78 is 18.8. The maximum Gasteiger partial charge on any atom is 0.250 e. The van der Waals surface area contributed by atoms with E-state index in [4.69, 9.17) is 13.6 Å². The van der Waals surface area contributed by atoms with Crippen LogP contribution in [0.15, 0.2) is 48.5 Å². The maximum atomic E-state index is 6.40. The minimum atomic E-state index is -1.82. The Balaban J connectivity index is 1.96. The smallest absolute Gasteiger partial charge is 0.250 e. The molecule has 0 saturated carbocycles. The molecule has 1 unspecified atom stereocenters. The van der Waals surface area contributed by atoms with Gasteiger partial charge >= 0.3 is 0 Å². The molecule has 0 aliphatic carbocycles. The average Bonchev–Trinajstić information content (AvgIpc) is 2.65. The topological polar surface area (TPSA) is 27.7 Å². The molecule has 2 aromatic carbocycles. The Labute approximate surface area is 198 Å². The maximum absolute atomic E-state index is 6.40. The van der Waals surface area contributed by atoms with Gasteiger partial charge in [-0.1, -0.05) is 65.8 Å². The molecule has 0 aliphatic rings. The summed E-state index contributed by atoms with van der Waals surface area (Å²) in [4.78, 5) is 0. The number of hydrogen-bond acceptors (Lipinski definition) is 3. The van der Waals surface area contributed by atoms with Gasteiger partial charge in [-0.2, -0.15) is 0 Å². The average molecular weight is 473 g/mol. The molecule has 1 atom stereocenters. The quantitative estimate of drug-likeness (QED) is 0.360. The second-order valence-electron chi connectivity index (χ2n) is 11.9. The van der Waals surface area contributed by atoms with Gasteiger partial charge in [0.15, 0.2) is 8.32 Å². The molecular formula is C27H44O3Si2. The van der Waals surface area contributed by atoms with Crippen molar-refractivity contribution in [3.05, 3.63) is 48.5 Å². The highest BCUT2D eigenvalue weighted by Crippen LogP contribution is 2.38. The van der Waals surface area contributed by atoms with Crippen LogP contribution >= 0.6 is 0 Å². The second kappa shape index (κ2) is 9.74. The van der Waals surface area contributed by atoms with Gasteiger partial charge in [-0.05, 0) is 78.6 Å². The van der Waals surface area contributed by atoms with E-state index in [0.717, 1.165) is 11.5 Å². The van der Waals surface area contributed by atoms with Crippen LogP contribution < -0.4 is 9.16 Å². The summed E-state index contributed by atoms with van der Waals surface area (Å²) in [6, 6.07) is 16.7. The van der Waals surface area contributed by atoms with Crippen LogP contribution in [-0.2, 0) is 4.43 Å². The molecule has 0 radical (unpaired) electrons. The fourth-order valence-electron chi connectivity index (χ4n) is 2.83. The summed E-state index contributed by atoms with van der Waals surface area (Å²) in [5, 5.41) is 0.392. The van der Waals surface area contributed by atoms with Crippen LogP contribution in [0.5, 0.6) is 11.5 Å². The molecule has 3 nitrogen and oxygen atoms in total. The van der Waals surface area contributed by atoms with Gasteiger partial charge in [0, 0.05) is 0 Å². The summed E-state index contributed by atoms with van der Waals surface area (Å²) in [5.41, 5.74) is 2.34. The zero-order valence-electron chi connectivity index (χ0n) is 22.1. The molecule has 32 heavy (non-hydrogen) atoms. The minimum absolute atomic E-state index is 0.0732. The minimum Gasteiger partial charge on any atom is -0.544 e. The summed E-state index contributed by atoms with van der Waals surface area (Å²) >= 11 is 0. The third-order valence-corrected chi connectivity index (χ3v) is 16.0. The lowest BCUT2D eigenvalue weighted by Crippen LogP contribution is -2.44. The second-order valence-corrected chi connectivity index (χ2v) is 21.4. The lowest BCUT2D eigenvalue weighted by atomic mass is 10.1. The summed E-state index contributed by atoms with van der Waals surface area (Å²) in [6.07, 6.45) is 0.0732. The molecule has 0 N–H and O–H groups in total. The standard InChI is InChI=1S/C27H44O3Si2/c1-21(29-31(8,9)26(2,3)4)20-28-24-16-12-22(13-17-24)23-14-18-25(19-15-23)30-32(10,11)27(5,6)7/h12-19,21H,20H2,1-11H3. The van der Waals surface area contributed by atoms with Gasteiger partial charge in [-0.3, -0.25) is 0 Å². The van der Waals surface area contributed by atoms with Crippen molar-refractivity contribution >= 4 is 16.6 Å². The van der Waals surface area contributed by atoms with Crippen molar-refractivity contribution in [3.63, 3.8) is 0 Å². The van der Waals surface area contributed by atoms with Gasteiger partial charge in [-0.15, -0.1) is 0 Å². The van der Waals surface area contributed by atoms with Crippen molar-refractivity contribution in [3.8, 4) is 22.6 Å². The normalized spacial score (nSPS) is 14.2. The lowest BCUT2D eigenvalue weighted by Gasteiger charge is -2.38. The Hall–Kier alpha value is -1.57. The van der Waals surface area contributed by atoms with E-state index in [-0.39, 0.29) is 16.2 Å². The molecule has 2 aromatic rings. The number of ether oxygens (including phenoxy) is 1. The van der Waals surface area contributed by atoms with Gasteiger partial charge in [0.1, 0.15) is 18.1 Å². The molecule has 0 fully saturated rings.